The summed E-state index contributed by atoms with van der Waals surface area (Å²) >= 11 is 0.0305. The zero-order chi connectivity index (χ0) is 9.68. The molecule has 0 atom stereocenters. The fourth-order valence-corrected chi connectivity index (χ4v) is 3.62. The summed E-state index contributed by atoms with van der Waals surface area (Å²) in [6.45, 7) is 6.48. The second kappa shape index (κ2) is 5.47. The van der Waals surface area contributed by atoms with Crippen LogP contribution in [0.1, 0.15) is 19.4 Å². The van der Waals surface area contributed by atoms with Crippen molar-refractivity contribution < 1.29 is 0 Å². The molecule has 1 aromatic carbocycles. The van der Waals surface area contributed by atoms with Gasteiger partial charge in [-0.25, -0.2) is 0 Å². The van der Waals surface area contributed by atoms with E-state index in [0.29, 0.717) is 0 Å². The van der Waals surface area contributed by atoms with Gasteiger partial charge in [0.1, 0.15) is 0 Å². The summed E-state index contributed by atoms with van der Waals surface area (Å²) in [6, 6.07) is 8.97. The van der Waals surface area contributed by atoms with E-state index in [4.69, 9.17) is 0 Å². The molecule has 0 heterocycles. The van der Waals surface area contributed by atoms with Gasteiger partial charge in [-0.05, 0) is 0 Å². The van der Waals surface area contributed by atoms with Crippen LogP contribution in [-0.2, 0) is 0 Å². The van der Waals surface area contributed by atoms with Crippen molar-refractivity contribution in [2.24, 2.45) is 0 Å². The number of allylic oxidation sites excluding steroid dienone is 2. The molecule has 0 saturated carbocycles. The Labute approximate surface area is 91.1 Å². The summed E-state index contributed by atoms with van der Waals surface area (Å²) in [4.78, 5) is 0. The first-order chi connectivity index (χ1) is 6.18. The van der Waals surface area contributed by atoms with Gasteiger partial charge >= 0.3 is 91.3 Å². The molecule has 1 aromatic rings. The first kappa shape index (κ1) is 10.8. The third-order valence-corrected chi connectivity index (χ3v) is 4.44. The molecule has 0 aliphatic heterocycles. The first-order valence-corrected chi connectivity index (χ1v) is 7.32. The minimum atomic E-state index is 0.0305. The van der Waals surface area contributed by atoms with E-state index < -0.39 is 0 Å². The van der Waals surface area contributed by atoms with Crippen LogP contribution in [0.3, 0.4) is 0 Å². The number of hydrogen-bond acceptors (Lipinski definition) is 0. The van der Waals surface area contributed by atoms with Crippen molar-refractivity contribution in [3.63, 3.8) is 0 Å². The Kier molecular flexibility index (Phi) is 4.56. The Hall–Kier alpha value is -0.250. The van der Waals surface area contributed by atoms with Crippen molar-refractivity contribution in [1.82, 2.24) is 0 Å². The molecule has 0 bridgehead atoms. The second-order valence-corrected chi connectivity index (χ2v) is 6.53. The summed E-state index contributed by atoms with van der Waals surface area (Å²) in [5, 5.41) is 0. The summed E-state index contributed by atoms with van der Waals surface area (Å²) in [5.41, 5.74) is 2.80. The van der Waals surface area contributed by atoms with Gasteiger partial charge in [-0.3, -0.25) is 0 Å². The zero-order valence-corrected chi connectivity index (χ0v) is 10.8. The monoisotopic (exact) mass is 290 g/mol. The summed E-state index contributed by atoms with van der Waals surface area (Å²) in [5.74, 6) is 0. The van der Waals surface area contributed by atoms with E-state index in [1.165, 1.54) is 15.6 Å². The number of aryl methyl sites for hydroxylation is 1. The summed E-state index contributed by atoms with van der Waals surface area (Å²) < 4.78 is 2.85. The molecule has 0 nitrogen and oxygen atoms in total. The normalized spacial score (nSPS) is 9.77. The number of hydrogen-bond donors (Lipinski definition) is 0. The molecule has 0 spiro atoms. The molecule has 1 rings (SSSR count). The van der Waals surface area contributed by atoms with E-state index in [1.807, 2.05) is 0 Å². The van der Waals surface area contributed by atoms with E-state index in [1.54, 1.807) is 3.61 Å². The molecule has 0 aliphatic carbocycles. The SMILES string of the molecule is CC(C)=CC[Te]c1ccc(C)cc1. The van der Waals surface area contributed by atoms with Crippen LogP contribution in [0.4, 0.5) is 0 Å². The number of benzene rings is 1. The fraction of sp³-hybridized carbons (Fsp3) is 0.333. The molecule has 0 amide bonds. The molecular formula is C12H16Te. The standard InChI is InChI=1S/C12H16Te/c1-10(2)8-9-13-12-6-4-11(3)5-7-12/h4-8H,9H2,1-3H3. The molecular weight excluding hydrogens is 272 g/mol. The van der Waals surface area contributed by atoms with Gasteiger partial charge in [0.05, 0.1) is 0 Å². The van der Waals surface area contributed by atoms with Crippen LogP contribution in [0, 0.1) is 6.92 Å². The Balaban J connectivity index is 2.46. The Morgan fingerprint density at radius 1 is 1.23 bits per heavy atom. The van der Waals surface area contributed by atoms with Crippen molar-refractivity contribution in [3.05, 3.63) is 41.5 Å². The second-order valence-electron chi connectivity index (χ2n) is 3.41. The minimum absolute atomic E-state index is 0.0305. The van der Waals surface area contributed by atoms with E-state index in [-0.39, 0.29) is 20.9 Å². The van der Waals surface area contributed by atoms with Crippen LogP contribution < -0.4 is 3.61 Å². The van der Waals surface area contributed by atoms with Gasteiger partial charge in [0, 0.05) is 0 Å². The van der Waals surface area contributed by atoms with Gasteiger partial charge < -0.3 is 0 Å². The molecule has 70 valence electrons. The summed E-state index contributed by atoms with van der Waals surface area (Å²) in [7, 11) is 0. The van der Waals surface area contributed by atoms with E-state index in [0.717, 1.165) is 0 Å². The van der Waals surface area contributed by atoms with Crippen molar-refractivity contribution in [1.29, 1.82) is 0 Å². The molecule has 0 aromatic heterocycles. The van der Waals surface area contributed by atoms with Gasteiger partial charge in [-0.1, -0.05) is 0 Å². The van der Waals surface area contributed by atoms with Crippen molar-refractivity contribution in [2.45, 2.75) is 25.2 Å². The topological polar surface area (TPSA) is 0 Å². The molecule has 0 saturated heterocycles. The Morgan fingerprint density at radius 3 is 2.38 bits per heavy atom. The Bertz CT molecular complexity index is 278. The van der Waals surface area contributed by atoms with Gasteiger partial charge in [-0.2, -0.15) is 0 Å². The van der Waals surface area contributed by atoms with Crippen LogP contribution in [0.5, 0.6) is 0 Å². The fourth-order valence-electron chi connectivity index (χ4n) is 0.939. The van der Waals surface area contributed by atoms with E-state index >= 15 is 0 Å². The Morgan fingerprint density at radius 2 is 1.85 bits per heavy atom. The third kappa shape index (κ3) is 4.50. The van der Waals surface area contributed by atoms with E-state index in [9.17, 15) is 0 Å². The van der Waals surface area contributed by atoms with Crippen LogP contribution in [0.25, 0.3) is 0 Å². The molecule has 13 heavy (non-hydrogen) atoms. The molecule has 0 aliphatic rings. The van der Waals surface area contributed by atoms with Gasteiger partial charge in [0.15, 0.2) is 0 Å². The average molecular weight is 288 g/mol. The van der Waals surface area contributed by atoms with Crippen molar-refractivity contribution >= 4 is 24.5 Å². The maximum absolute atomic E-state index is 2.35. The molecule has 0 radical (unpaired) electrons. The van der Waals surface area contributed by atoms with Gasteiger partial charge in [0.2, 0.25) is 0 Å². The molecule has 0 unspecified atom stereocenters. The van der Waals surface area contributed by atoms with Crippen LogP contribution in [0.15, 0.2) is 35.9 Å². The first-order valence-electron chi connectivity index (χ1n) is 4.51. The maximum atomic E-state index is 2.35. The van der Waals surface area contributed by atoms with Crippen LogP contribution in [0.2, 0.25) is 4.47 Å². The van der Waals surface area contributed by atoms with Gasteiger partial charge in [-0.15, -0.1) is 0 Å². The number of rotatable bonds is 3. The van der Waals surface area contributed by atoms with Crippen LogP contribution >= 0.6 is 0 Å². The van der Waals surface area contributed by atoms with Crippen molar-refractivity contribution in [3.8, 4) is 0 Å². The zero-order valence-electron chi connectivity index (χ0n) is 8.50. The molecule has 0 N–H and O–H groups in total. The average Bonchev–Trinajstić information content (AvgIpc) is 2.08. The predicted molar refractivity (Wildman–Crippen MR) is 60.8 cm³/mol. The predicted octanol–water partition coefficient (Wildman–Crippen LogP) is 2.71. The van der Waals surface area contributed by atoms with Crippen LogP contribution in [-0.4, -0.2) is 20.9 Å². The summed E-state index contributed by atoms with van der Waals surface area (Å²) in [6.07, 6.45) is 2.35. The van der Waals surface area contributed by atoms with Crippen molar-refractivity contribution in [2.75, 3.05) is 0 Å². The third-order valence-electron chi connectivity index (χ3n) is 1.76. The molecule has 0 fully saturated rings. The van der Waals surface area contributed by atoms with E-state index in [2.05, 4.69) is 51.1 Å². The van der Waals surface area contributed by atoms with Gasteiger partial charge in [0.25, 0.3) is 0 Å². The quantitative estimate of drug-likeness (QED) is 0.592. The molecule has 1 heteroatoms.